The van der Waals surface area contributed by atoms with Gasteiger partial charge in [-0.15, -0.1) is 0 Å². The Morgan fingerprint density at radius 2 is 1.83 bits per heavy atom. The molecule has 122 valence electrons. The highest BCUT2D eigenvalue weighted by atomic mass is 16.2. The van der Waals surface area contributed by atoms with E-state index in [1.807, 2.05) is 6.07 Å². The van der Waals surface area contributed by atoms with E-state index in [-0.39, 0.29) is 17.2 Å². The molecule has 4 N–H and O–H groups in total. The van der Waals surface area contributed by atoms with Gasteiger partial charge >= 0.3 is 0 Å². The van der Waals surface area contributed by atoms with E-state index in [4.69, 9.17) is 11.5 Å². The van der Waals surface area contributed by atoms with Crippen LogP contribution in [-0.2, 0) is 4.79 Å². The van der Waals surface area contributed by atoms with E-state index in [2.05, 4.69) is 4.98 Å². The molecule has 1 aliphatic rings. The summed E-state index contributed by atoms with van der Waals surface area (Å²) in [5.41, 5.74) is 12.5. The second-order valence-electron chi connectivity index (χ2n) is 5.56. The van der Waals surface area contributed by atoms with Gasteiger partial charge < -0.3 is 16.4 Å². The summed E-state index contributed by atoms with van der Waals surface area (Å²) < 4.78 is 0. The van der Waals surface area contributed by atoms with Gasteiger partial charge in [0.05, 0.1) is 11.5 Å². The first-order valence-corrected chi connectivity index (χ1v) is 7.45. The number of carbonyl (C=O) groups is 3. The van der Waals surface area contributed by atoms with Gasteiger partial charge in [0.2, 0.25) is 11.8 Å². The maximum absolute atomic E-state index is 12.8. The molecule has 3 rings (SSSR count). The number of hydrogen-bond donors (Lipinski definition) is 2. The van der Waals surface area contributed by atoms with Crippen LogP contribution in [0, 0.1) is 0 Å². The molecule has 0 radical (unpaired) electrons. The number of hydrogen-bond acceptors (Lipinski definition) is 4. The summed E-state index contributed by atoms with van der Waals surface area (Å²) >= 11 is 0. The highest BCUT2D eigenvalue weighted by Gasteiger charge is 2.32. The van der Waals surface area contributed by atoms with Crippen LogP contribution in [0.3, 0.4) is 0 Å². The minimum Gasteiger partial charge on any atom is -0.369 e. The second-order valence-corrected chi connectivity index (χ2v) is 5.56. The Bertz CT molecular complexity index is 817. The first-order chi connectivity index (χ1) is 11.5. The molecular weight excluding hydrogens is 308 g/mol. The summed E-state index contributed by atoms with van der Waals surface area (Å²) in [5.74, 6) is -1.72. The molecule has 0 spiro atoms. The van der Waals surface area contributed by atoms with Crippen LogP contribution in [0.2, 0.25) is 0 Å². The number of primary amides is 2. The van der Waals surface area contributed by atoms with Crippen molar-refractivity contribution in [1.29, 1.82) is 0 Å². The zero-order valence-electron chi connectivity index (χ0n) is 12.8. The molecule has 0 bridgehead atoms. The summed E-state index contributed by atoms with van der Waals surface area (Å²) in [6.45, 7) is 0.364. The smallest absolute Gasteiger partial charge is 0.276 e. The number of para-hydroxylation sites is 1. The van der Waals surface area contributed by atoms with Crippen molar-refractivity contribution < 1.29 is 14.4 Å². The molecule has 24 heavy (non-hydrogen) atoms. The predicted molar refractivity (Wildman–Crippen MR) is 87.4 cm³/mol. The van der Waals surface area contributed by atoms with Gasteiger partial charge in [-0.3, -0.25) is 19.4 Å². The topological polar surface area (TPSA) is 119 Å². The van der Waals surface area contributed by atoms with Crippen LogP contribution < -0.4 is 16.4 Å². The van der Waals surface area contributed by atoms with E-state index in [9.17, 15) is 14.4 Å². The molecule has 1 aliphatic heterocycles. The van der Waals surface area contributed by atoms with Crippen LogP contribution in [0.15, 0.2) is 42.6 Å². The molecule has 0 aliphatic carbocycles. The van der Waals surface area contributed by atoms with Gasteiger partial charge in [-0.1, -0.05) is 18.2 Å². The largest absolute Gasteiger partial charge is 0.369 e. The number of nitrogens with zero attached hydrogens (tertiary/aromatic N) is 2. The highest BCUT2D eigenvalue weighted by molar-refractivity contribution is 6.06. The van der Waals surface area contributed by atoms with Crippen LogP contribution >= 0.6 is 0 Å². The maximum Gasteiger partial charge on any atom is 0.276 e. The number of nitrogens with two attached hydrogens (primary N) is 2. The lowest BCUT2D eigenvalue weighted by molar-refractivity contribution is -0.119. The molecule has 2 heterocycles. The van der Waals surface area contributed by atoms with Gasteiger partial charge in [-0.2, -0.15) is 0 Å². The van der Waals surface area contributed by atoms with Crippen molar-refractivity contribution >= 4 is 23.4 Å². The number of rotatable bonds is 3. The average Bonchev–Trinajstić information content (AvgIpc) is 2.60. The lowest BCUT2D eigenvalue weighted by atomic mass is 9.89. The molecule has 7 nitrogen and oxygen atoms in total. The molecule has 1 aromatic heterocycles. The van der Waals surface area contributed by atoms with Crippen molar-refractivity contribution in [3.05, 3.63) is 59.4 Å². The molecule has 3 amide bonds. The molecule has 2 aromatic rings. The summed E-state index contributed by atoms with van der Waals surface area (Å²) in [6, 6.07) is 10.1. The number of carbonyl (C=O) groups excluding carboxylic acids is 3. The molecular formula is C17H16N4O3. The Labute approximate surface area is 138 Å². The zero-order valence-corrected chi connectivity index (χ0v) is 12.8. The van der Waals surface area contributed by atoms with Gasteiger partial charge in [0.25, 0.3) is 5.91 Å². The molecule has 0 saturated heterocycles. The lowest BCUT2D eigenvalue weighted by Gasteiger charge is -2.32. The zero-order chi connectivity index (χ0) is 17.3. The number of amides is 3. The molecule has 0 saturated carbocycles. The van der Waals surface area contributed by atoms with E-state index < -0.39 is 17.7 Å². The Kier molecular flexibility index (Phi) is 3.99. The quantitative estimate of drug-likeness (QED) is 0.867. The van der Waals surface area contributed by atoms with Gasteiger partial charge in [0.1, 0.15) is 5.69 Å². The number of benzene rings is 1. The fourth-order valence-electron chi connectivity index (χ4n) is 2.87. The first kappa shape index (κ1) is 15.7. The van der Waals surface area contributed by atoms with Crippen LogP contribution in [0.5, 0.6) is 0 Å². The Morgan fingerprint density at radius 1 is 1.08 bits per heavy atom. The van der Waals surface area contributed by atoms with E-state index in [0.717, 1.165) is 5.56 Å². The number of anilines is 1. The number of fused-ring (bicyclic) bond motifs is 1. The molecule has 7 heteroatoms. The number of pyridine rings is 1. The van der Waals surface area contributed by atoms with Crippen molar-refractivity contribution in [2.45, 2.75) is 12.3 Å². The van der Waals surface area contributed by atoms with Gasteiger partial charge in [0.15, 0.2) is 0 Å². The van der Waals surface area contributed by atoms with Crippen molar-refractivity contribution in [3.8, 4) is 0 Å². The van der Waals surface area contributed by atoms with Gasteiger partial charge in [0, 0.05) is 18.4 Å². The first-order valence-electron chi connectivity index (χ1n) is 7.45. The predicted octanol–water partition coefficient (Wildman–Crippen LogP) is 0.800. The SMILES string of the molecule is NC(=O)c1ccc(C(=O)N2CCC(C(N)=O)c3ccccc32)nc1. The Balaban J connectivity index is 1.94. The highest BCUT2D eigenvalue weighted by Crippen LogP contribution is 2.35. The summed E-state index contributed by atoms with van der Waals surface area (Å²) in [6.07, 6.45) is 1.73. The average molecular weight is 324 g/mol. The normalized spacial score (nSPS) is 16.3. The van der Waals surface area contributed by atoms with E-state index in [0.29, 0.717) is 18.7 Å². The molecule has 1 atom stereocenters. The third-order valence-electron chi connectivity index (χ3n) is 4.10. The molecule has 1 aromatic carbocycles. The van der Waals surface area contributed by atoms with Crippen LogP contribution in [0.25, 0.3) is 0 Å². The van der Waals surface area contributed by atoms with Crippen molar-refractivity contribution in [3.63, 3.8) is 0 Å². The standard InChI is InChI=1S/C17H16N4O3/c18-15(22)10-5-6-13(20-9-10)17(24)21-8-7-12(16(19)23)11-3-1-2-4-14(11)21/h1-6,9,12H,7-8H2,(H2,18,22)(H2,19,23). The van der Waals surface area contributed by atoms with Crippen LogP contribution in [0.4, 0.5) is 5.69 Å². The summed E-state index contributed by atoms with van der Waals surface area (Å²) in [7, 11) is 0. The van der Waals surface area contributed by atoms with Gasteiger partial charge in [-0.25, -0.2) is 0 Å². The minimum atomic E-state index is -0.603. The maximum atomic E-state index is 12.8. The molecule has 0 fully saturated rings. The van der Waals surface area contributed by atoms with Crippen LogP contribution in [0.1, 0.15) is 38.7 Å². The van der Waals surface area contributed by atoms with Crippen molar-refractivity contribution in [1.82, 2.24) is 4.98 Å². The third kappa shape index (κ3) is 2.71. The monoisotopic (exact) mass is 324 g/mol. The minimum absolute atomic E-state index is 0.201. The van der Waals surface area contributed by atoms with Crippen molar-refractivity contribution in [2.75, 3.05) is 11.4 Å². The summed E-state index contributed by atoms with van der Waals surface area (Å²) in [4.78, 5) is 41.1. The Hall–Kier alpha value is -3.22. The fraction of sp³-hybridized carbons (Fsp3) is 0.176. The Morgan fingerprint density at radius 3 is 2.46 bits per heavy atom. The summed E-state index contributed by atoms with van der Waals surface area (Å²) in [5, 5.41) is 0. The van der Waals surface area contributed by atoms with Crippen LogP contribution in [-0.4, -0.2) is 29.3 Å². The van der Waals surface area contributed by atoms with E-state index in [1.54, 1.807) is 23.1 Å². The van der Waals surface area contributed by atoms with E-state index >= 15 is 0 Å². The van der Waals surface area contributed by atoms with Gasteiger partial charge in [-0.05, 0) is 30.2 Å². The number of aromatic nitrogens is 1. The lowest BCUT2D eigenvalue weighted by Crippen LogP contribution is -2.39. The van der Waals surface area contributed by atoms with E-state index in [1.165, 1.54) is 18.3 Å². The third-order valence-corrected chi connectivity index (χ3v) is 4.10. The fourth-order valence-corrected chi connectivity index (χ4v) is 2.87. The second kappa shape index (κ2) is 6.11. The van der Waals surface area contributed by atoms with Crippen molar-refractivity contribution in [2.24, 2.45) is 11.5 Å². The molecule has 1 unspecified atom stereocenters.